The molecule has 1 heterocycles. The molecule has 0 aliphatic carbocycles. The zero-order valence-electron chi connectivity index (χ0n) is 9.68. The van der Waals surface area contributed by atoms with Gasteiger partial charge in [0.2, 0.25) is 11.8 Å². The summed E-state index contributed by atoms with van der Waals surface area (Å²) in [6, 6.07) is 7.52. The summed E-state index contributed by atoms with van der Waals surface area (Å²) in [5, 5.41) is 8.03. The van der Waals surface area contributed by atoms with Crippen molar-refractivity contribution in [1.82, 2.24) is 10.2 Å². The van der Waals surface area contributed by atoms with Gasteiger partial charge in [0.05, 0.1) is 11.9 Å². The molecular weight excluding hydrogens is 284 g/mol. The molecule has 0 aliphatic rings. The zero-order chi connectivity index (χ0) is 12.3. The molecule has 17 heavy (non-hydrogen) atoms. The van der Waals surface area contributed by atoms with Crippen LogP contribution in [-0.2, 0) is 0 Å². The molecule has 1 aromatic carbocycles. The number of hydrogen-bond donors (Lipinski definition) is 0. The van der Waals surface area contributed by atoms with Crippen LogP contribution < -0.4 is 4.74 Å². The Kier molecular flexibility index (Phi) is 3.78. The quantitative estimate of drug-likeness (QED) is 0.809. The van der Waals surface area contributed by atoms with Gasteiger partial charge in [-0.05, 0) is 30.7 Å². The second kappa shape index (κ2) is 5.31. The van der Waals surface area contributed by atoms with Crippen molar-refractivity contribution in [3.8, 4) is 17.2 Å². The van der Waals surface area contributed by atoms with Gasteiger partial charge < -0.3 is 9.15 Å². The van der Waals surface area contributed by atoms with Crippen LogP contribution in [-0.4, -0.2) is 17.3 Å². The second-order valence-electron chi connectivity index (χ2n) is 3.55. The van der Waals surface area contributed by atoms with Crippen LogP contribution >= 0.6 is 15.9 Å². The smallest absolute Gasteiger partial charge is 0.247 e. The van der Waals surface area contributed by atoms with Gasteiger partial charge in [-0.1, -0.05) is 22.9 Å². The molecule has 0 saturated carbocycles. The van der Waals surface area contributed by atoms with Gasteiger partial charge in [0.15, 0.2) is 0 Å². The zero-order valence-corrected chi connectivity index (χ0v) is 11.3. The molecule has 0 fully saturated rings. The van der Waals surface area contributed by atoms with Crippen LogP contribution in [0.4, 0.5) is 0 Å². The van der Waals surface area contributed by atoms with Crippen LogP contribution in [0.2, 0.25) is 0 Å². The average Bonchev–Trinajstić information content (AvgIpc) is 2.87. The van der Waals surface area contributed by atoms with E-state index < -0.39 is 0 Å². The number of methoxy groups -OCH3 is 1. The Morgan fingerprint density at radius 2 is 2.00 bits per heavy atom. The summed E-state index contributed by atoms with van der Waals surface area (Å²) in [5.74, 6) is 1.94. The summed E-state index contributed by atoms with van der Waals surface area (Å²) in [6.07, 6.45) is 0.907. The van der Waals surface area contributed by atoms with Crippen LogP contribution in [0, 0.1) is 0 Å². The van der Waals surface area contributed by atoms with E-state index in [0.29, 0.717) is 11.8 Å². The number of hydrogen-bond acceptors (Lipinski definition) is 4. The largest absolute Gasteiger partial charge is 0.497 e. The van der Waals surface area contributed by atoms with Crippen molar-refractivity contribution >= 4 is 15.9 Å². The molecule has 1 aromatic heterocycles. The highest BCUT2D eigenvalue weighted by molar-refractivity contribution is 9.09. The van der Waals surface area contributed by atoms with Gasteiger partial charge >= 0.3 is 0 Å². The van der Waals surface area contributed by atoms with Crippen molar-refractivity contribution < 1.29 is 9.15 Å². The first-order valence-corrected chi connectivity index (χ1v) is 6.28. The minimum absolute atomic E-state index is 0.113. The van der Waals surface area contributed by atoms with E-state index in [9.17, 15) is 0 Å². The van der Waals surface area contributed by atoms with Gasteiger partial charge in [-0.25, -0.2) is 0 Å². The molecule has 0 saturated heterocycles. The Morgan fingerprint density at radius 1 is 1.29 bits per heavy atom. The minimum Gasteiger partial charge on any atom is -0.497 e. The standard InChI is InChI=1S/C12H13BrN2O2/c1-3-10(13)12-15-14-11(17-12)8-4-6-9(16-2)7-5-8/h4-7,10H,3H2,1-2H3. The predicted molar refractivity (Wildman–Crippen MR) is 68.2 cm³/mol. The third-order valence-corrected chi connectivity index (χ3v) is 3.44. The Labute approximate surface area is 108 Å². The van der Waals surface area contributed by atoms with Gasteiger partial charge in [-0.15, -0.1) is 10.2 Å². The first kappa shape index (κ1) is 12.1. The third-order valence-electron chi connectivity index (χ3n) is 2.40. The summed E-state index contributed by atoms with van der Waals surface area (Å²) < 4.78 is 10.7. The first-order valence-electron chi connectivity index (χ1n) is 5.36. The highest BCUT2D eigenvalue weighted by atomic mass is 79.9. The van der Waals surface area contributed by atoms with Crippen LogP contribution in [0.25, 0.3) is 11.5 Å². The molecule has 90 valence electrons. The maximum absolute atomic E-state index is 5.59. The van der Waals surface area contributed by atoms with Crippen molar-refractivity contribution in [3.63, 3.8) is 0 Å². The maximum atomic E-state index is 5.59. The Balaban J connectivity index is 2.24. The van der Waals surface area contributed by atoms with E-state index in [4.69, 9.17) is 9.15 Å². The lowest BCUT2D eigenvalue weighted by Crippen LogP contribution is -1.86. The van der Waals surface area contributed by atoms with E-state index in [1.54, 1.807) is 7.11 Å². The van der Waals surface area contributed by atoms with Gasteiger partial charge in [-0.2, -0.15) is 0 Å². The molecule has 0 spiro atoms. The van der Waals surface area contributed by atoms with Crippen LogP contribution in [0.1, 0.15) is 24.1 Å². The molecular formula is C12H13BrN2O2. The molecule has 4 nitrogen and oxygen atoms in total. The summed E-state index contributed by atoms with van der Waals surface area (Å²) in [5.41, 5.74) is 0.889. The lowest BCUT2D eigenvalue weighted by Gasteiger charge is -2.00. The first-order chi connectivity index (χ1) is 8.24. The Morgan fingerprint density at radius 3 is 2.59 bits per heavy atom. The molecule has 2 rings (SSSR count). The molecule has 0 bridgehead atoms. The fourth-order valence-electron chi connectivity index (χ4n) is 1.39. The Bertz CT molecular complexity index is 482. The van der Waals surface area contributed by atoms with E-state index in [0.717, 1.165) is 17.7 Å². The summed E-state index contributed by atoms with van der Waals surface area (Å²) in [6.45, 7) is 2.05. The molecule has 1 unspecified atom stereocenters. The number of halogens is 1. The molecule has 0 N–H and O–H groups in total. The van der Waals surface area contributed by atoms with E-state index in [-0.39, 0.29) is 4.83 Å². The van der Waals surface area contributed by atoms with E-state index in [2.05, 4.69) is 33.1 Å². The van der Waals surface area contributed by atoms with Crippen molar-refractivity contribution in [3.05, 3.63) is 30.2 Å². The second-order valence-corrected chi connectivity index (χ2v) is 4.66. The number of ether oxygens (including phenoxy) is 1. The highest BCUT2D eigenvalue weighted by Gasteiger charge is 2.14. The fraction of sp³-hybridized carbons (Fsp3) is 0.333. The third kappa shape index (κ3) is 2.66. The van der Waals surface area contributed by atoms with E-state index >= 15 is 0 Å². The fourth-order valence-corrected chi connectivity index (χ4v) is 1.57. The topological polar surface area (TPSA) is 48.2 Å². The lowest BCUT2D eigenvalue weighted by molar-refractivity contribution is 0.415. The molecule has 0 radical (unpaired) electrons. The summed E-state index contributed by atoms with van der Waals surface area (Å²) >= 11 is 3.48. The normalized spacial score (nSPS) is 12.4. The molecule has 0 aliphatic heterocycles. The van der Waals surface area contributed by atoms with Crippen LogP contribution in [0.5, 0.6) is 5.75 Å². The highest BCUT2D eigenvalue weighted by Crippen LogP contribution is 2.28. The van der Waals surface area contributed by atoms with Crippen molar-refractivity contribution in [2.24, 2.45) is 0 Å². The average molecular weight is 297 g/mol. The maximum Gasteiger partial charge on any atom is 0.247 e. The monoisotopic (exact) mass is 296 g/mol. The molecule has 1 atom stereocenters. The van der Waals surface area contributed by atoms with Crippen molar-refractivity contribution in [1.29, 1.82) is 0 Å². The van der Waals surface area contributed by atoms with Crippen molar-refractivity contribution in [2.45, 2.75) is 18.2 Å². The molecule has 5 heteroatoms. The minimum atomic E-state index is 0.113. The molecule has 0 amide bonds. The van der Waals surface area contributed by atoms with Gasteiger partial charge in [-0.3, -0.25) is 0 Å². The number of alkyl halides is 1. The van der Waals surface area contributed by atoms with Gasteiger partial charge in [0.25, 0.3) is 0 Å². The van der Waals surface area contributed by atoms with Gasteiger partial charge in [0.1, 0.15) is 5.75 Å². The summed E-state index contributed by atoms with van der Waals surface area (Å²) in [7, 11) is 1.64. The van der Waals surface area contributed by atoms with Crippen LogP contribution in [0.15, 0.2) is 28.7 Å². The number of nitrogens with zero attached hydrogens (tertiary/aromatic N) is 2. The summed E-state index contributed by atoms with van der Waals surface area (Å²) in [4.78, 5) is 0.113. The Hall–Kier alpha value is -1.36. The predicted octanol–water partition coefficient (Wildman–Crippen LogP) is 3.59. The number of aromatic nitrogens is 2. The number of rotatable bonds is 4. The van der Waals surface area contributed by atoms with Crippen molar-refractivity contribution in [2.75, 3.05) is 7.11 Å². The SMILES string of the molecule is CCC(Br)c1nnc(-c2ccc(OC)cc2)o1. The lowest BCUT2D eigenvalue weighted by atomic mass is 10.2. The number of benzene rings is 1. The van der Waals surface area contributed by atoms with Gasteiger partial charge in [0, 0.05) is 5.56 Å². The van der Waals surface area contributed by atoms with E-state index in [1.807, 2.05) is 24.3 Å². The van der Waals surface area contributed by atoms with Crippen LogP contribution in [0.3, 0.4) is 0 Å². The molecule has 2 aromatic rings. The van der Waals surface area contributed by atoms with E-state index in [1.165, 1.54) is 0 Å².